The Hall–Kier alpha value is -2.40. The van der Waals surface area contributed by atoms with Crippen LogP contribution in [0.5, 0.6) is 5.75 Å². The SMILES string of the molecule is CCC(F)(CC)CN1CCC(COc2ccc(-c3ccc(C(=O)N4CCCCC4)cc3)cc2)CC1. The molecule has 2 aliphatic heterocycles. The third-order valence-corrected chi connectivity index (χ3v) is 7.93. The summed E-state index contributed by atoms with van der Waals surface area (Å²) in [6.45, 7) is 8.81. The maximum Gasteiger partial charge on any atom is 0.253 e. The molecule has 2 heterocycles. The summed E-state index contributed by atoms with van der Waals surface area (Å²) in [5.74, 6) is 1.55. The molecule has 0 saturated carbocycles. The van der Waals surface area contributed by atoms with E-state index in [-0.39, 0.29) is 5.91 Å². The Morgan fingerprint density at radius 2 is 1.46 bits per heavy atom. The smallest absolute Gasteiger partial charge is 0.253 e. The number of piperidine rings is 2. The van der Waals surface area contributed by atoms with Gasteiger partial charge < -0.3 is 14.5 Å². The van der Waals surface area contributed by atoms with Gasteiger partial charge in [0.2, 0.25) is 0 Å². The van der Waals surface area contributed by atoms with Gasteiger partial charge in [-0.05, 0) is 99.3 Å². The number of alkyl halides is 1. The van der Waals surface area contributed by atoms with E-state index < -0.39 is 5.67 Å². The number of amides is 1. The van der Waals surface area contributed by atoms with Crippen LogP contribution in [-0.2, 0) is 0 Å². The van der Waals surface area contributed by atoms with E-state index in [1.165, 1.54) is 6.42 Å². The van der Waals surface area contributed by atoms with Crippen LogP contribution < -0.4 is 4.74 Å². The second kappa shape index (κ2) is 12.0. The Labute approximate surface area is 210 Å². The summed E-state index contributed by atoms with van der Waals surface area (Å²) in [7, 11) is 0. The van der Waals surface area contributed by atoms with Crippen molar-refractivity contribution in [3.63, 3.8) is 0 Å². The Morgan fingerprint density at radius 3 is 2.03 bits per heavy atom. The molecule has 2 fully saturated rings. The monoisotopic (exact) mass is 480 g/mol. The highest BCUT2D eigenvalue weighted by Gasteiger charge is 2.30. The zero-order valence-electron chi connectivity index (χ0n) is 21.5. The molecule has 190 valence electrons. The van der Waals surface area contributed by atoms with Crippen molar-refractivity contribution in [1.29, 1.82) is 0 Å². The number of hydrogen-bond donors (Lipinski definition) is 0. The minimum Gasteiger partial charge on any atom is -0.493 e. The van der Waals surface area contributed by atoms with E-state index in [9.17, 15) is 9.18 Å². The molecule has 0 bridgehead atoms. The van der Waals surface area contributed by atoms with Crippen LogP contribution in [0.1, 0.15) is 69.2 Å². The highest BCUT2D eigenvalue weighted by atomic mass is 19.1. The van der Waals surface area contributed by atoms with Crippen LogP contribution in [0.15, 0.2) is 48.5 Å². The van der Waals surface area contributed by atoms with Crippen molar-refractivity contribution in [3.05, 3.63) is 54.1 Å². The molecule has 5 heteroatoms. The normalized spacial score (nSPS) is 18.0. The molecule has 1 amide bonds. The first kappa shape index (κ1) is 25.7. The number of hydrogen-bond acceptors (Lipinski definition) is 3. The van der Waals surface area contributed by atoms with Gasteiger partial charge in [-0.1, -0.05) is 38.1 Å². The molecule has 2 aliphatic rings. The molecule has 4 nitrogen and oxygen atoms in total. The first-order valence-corrected chi connectivity index (χ1v) is 13.5. The van der Waals surface area contributed by atoms with Crippen molar-refractivity contribution in [2.75, 3.05) is 39.3 Å². The van der Waals surface area contributed by atoms with Crippen LogP contribution >= 0.6 is 0 Å². The fraction of sp³-hybridized carbons (Fsp3) is 0.567. The maximum absolute atomic E-state index is 14.7. The summed E-state index contributed by atoms with van der Waals surface area (Å²) in [5, 5.41) is 0. The molecule has 4 rings (SSSR count). The topological polar surface area (TPSA) is 32.8 Å². The van der Waals surface area contributed by atoms with Gasteiger partial charge >= 0.3 is 0 Å². The largest absolute Gasteiger partial charge is 0.493 e. The first-order valence-electron chi connectivity index (χ1n) is 13.5. The zero-order valence-corrected chi connectivity index (χ0v) is 21.5. The molecule has 35 heavy (non-hydrogen) atoms. The molecule has 0 radical (unpaired) electrons. The second-order valence-electron chi connectivity index (χ2n) is 10.3. The van der Waals surface area contributed by atoms with Gasteiger partial charge in [0.25, 0.3) is 5.91 Å². The third-order valence-electron chi connectivity index (χ3n) is 7.93. The molecular formula is C30H41FN2O2. The Balaban J connectivity index is 1.24. The molecule has 2 aromatic carbocycles. The van der Waals surface area contributed by atoms with E-state index in [2.05, 4.69) is 17.0 Å². The van der Waals surface area contributed by atoms with E-state index in [0.29, 0.717) is 31.9 Å². The van der Waals surface area contributed by atoms with Crippen LogP contribution in [0.2, 0.25) is 0 Å². The lowest BCUT2D eigenvalue weighted by Gasteiger charge is -2.36. The molecule has 2 saturated heterocycles. The van der Waals surface area contributed by atoms with Gasteiger partial charge in [0, 0.05) is 25.2 Å². The van der Waals surface area contributed by atoms with Crippen LogP contribution in [0.3, 0.4) is 0 Å². The van der Waals surface area contributed by atoms with Crippen molar-refractivity contribution in [2.24, 2.45) is 5.92 Å². The Bertz CT molecular complexity index is 926. The number of ether oxygens (including phenoxy) is 1. The van der Waals surface area contributed by atoms with Crippen molar-refractivity contribution in [2.45, 2.75) is 64.5 Å². The fourth-order valence-electron chi connectivity index (χ4n) is 5.23. The molecule has 2 aromatic rings. The number of carbonyl (C=O) groups is 1. The van der Waals surface area contributed by atoms with E-state index >= 15 is 0 Å². The fourth-order valence-corrected chi connectivity index (χ4v) is 5.23. The Morgan fingerprint density at radius 1 is 0.886 bits per heavy atom. The number of benzene rings is 2. The first-order chi connectivity index (χ1) is 17.0. The molecular weight excluding hydrogens is 439 g/mol. The average molecular weight is 481 g/mol. The van der Waals surface area contributed by atoms with Crippen LogP contribution in [0.4, 0.5) is 4.39 Å². The summed E-state index contributed by atoms with van der Waals surface area (Å²) < 4.78 is 20.8. The lowest BCUT2D eigenvalue weighted by Crippen LogP contribution is -2.44. The quantitative estimate of drug-likeness (QED) is 0.405. The summed E-state index contributed by atoms with van der Waals surface area (Å²) in [5.41, 5.74) is 1.93. The predicted molar refractivity (Wildman–Crippen MR) is 141 cm³/mol. The highest BCUT2D eigenvalue weighted by molar-refractivity contribution is 5.94. The number of carbonyl (C=O) groups excluding carboxylic acids is 1. The van der Waals surface area contributed by atoms with E-state index in [0.717, 1.165) is 74.3 Å². The molecule has 0 N–H and O–H groups in total. The van der Waals surface area contributed by atoms with Crippen LogP contribution in [0.25, 0.3) is 11.1 Å². The van der Waals surface area contributed by atoms with Gasteiger partial charge in [-0.25, -0.2) is 4.39 Å². The second-order valence-corrected chi connectivity index (χ2v) is 10.3. The lowest BCUT2D eigenvalue weighted by atomic mass is 9.94. The molecule has 0 spiro atoms. The maximum atomic E-state index is 14.7. The van der Waals surface area contributed by atoms with Crippen molar-refractivity contribution < 1.29 is 13.9 Å². The van der Waals surface area contributed by atoms with Gasteiger partial charge in [0.15, 0.2) is 0 Å². The van der Waals surface area contributed by atoms with Gasteiger partial charge in [-0.2, -0.15) is 0 Å². The summed E-state index contributed by atoms with van der Waals surface area (Å²) in [4.78, 5) is 16.9. The number of rotatable bonds is 9. The van der Waals surface area contributed by atoms with Crippen molar-refractivity contribution >= 4 is 5.91 Å². The lowest BCUT2D eigenvalue weighted by molar-refractivity contribution is 0.0568. The van der Waals surface area contributed by atoms with Crippen LogP contribution in [-0.4, -0.2) is 60.7 Å². The standard InChI is InChI=1S/C30H41FN2O2/c1-3-30(31,4-2)23-32-20-16-24(17-21-32)22-35-28-14-12-26(13-15-28)25-8-10-27(11-9-25)29(34)33-18-6-5-7-19-33/h8-15,24H,3-7,16-23H2,1-2H3. The van der Waals surface area contributed by atoms with Crippen molar-refractivity contribution in [3.8, 4) is 16.9 Å². The molecule has 0 aliphatic carbocycles. The average Bonchev–Trinajstić information content (AvgIpc) is 2.93. The highest BCUT2D eigenvalue weighted by Crippen LogP contribution is 2.27. The van der Waals surface area contributed by atoms with Gasteiger partial charge in [0.1, 0.15) is 11.4 Å². The van der Waals surface area contributed by atoms with Gasteiger partial charge in [-0.3, -0.25) is 4.79 Å². The van der Waals surface area contributed by atoms with E-state index in [1.54, 1.807) is 0 Å². The summed E-state index contributed by atoms with van der Waals surface area (Å²) >= 11 is 0. The Kier molecular flexibility index (Phi) is 8.83. The minimum absolute atomic E-state index is 0.144. The third kappa shape index (κ3) is 6.84. The summed E-state index contributed by atoms with van der Waals surface area (Å²) in [6, 6.07) is 16.2. The van der Waals surface area contributed by atoms with Gasteiger partial charge in [-0.15, -0.1) is 0 Å². The van der Waals surface area contributed by atoms with Gasteiger partial charge in [0.05, 0.1) is 6.61 Å². The molecule has 0 aromatic heterocycles. The molecule has 0 unspecified atom stereocenters. The number of likely N-dealkylation sites (tertiary alicyclic amines) is 2. The van der Waals surface area contributed by atoms with Crippen LogP contribution in [0, 0.1) is 5.92 Å². The van der Waals surface area contributed by atoms with E-state index in [4.69, 9.17) is 4.74 Å². The van der Waals surface area contributed by atoms with Crippen molar-refractivity contribution in [1.82, 2.24) is 9.80 Å². The molecule has 0 atom stereocenters. The van der Waals surface area contributed by atoms with E-state index in [1.807, 2.05) is 55.1 Å². The summed E-state index contributed by atoms with van der Waals surface area (Å²) in [6.07, 6.45) is 6.73. The minimum atomic E-state index is -1.05. The predicted octanol–water partition coefficient (Wildman–Crippen LogP) is 6.60. The zero-order chi connectivity index (χ0) is 24.7. The number of nitrogens with zero attached hydrogens (tertiary/aromatic N) is 2. The number of halogens is 1.